The minimum atomic E-state index is -1.53. The Morgan fingerprint density at radius 1 is 0.887 bits per heavy atom. The molecule has 3 aliphatic heterocycles. The van der Waals surface area contributed by atoms with Gasteiger partial charge in [0.15, 0.2) is 0 Å². The van der Waals surface area contributed by atoms with Crippen LogP contribution in [0.15, 0.2) is 114 Å². The molecule has 266 valence electrons. The molecular weight excluding hydrogens is 812 g/mol. The Morgan fingerprint density at radius 2 is 1.62 bits per heavy atom. The fourth-order valence-corrected chi connectivity index (χ4v) is 9.80. The number of phenols is 1. The number of fused-ring (bicyclic) bond motifs is 5. The number of rotatable bonds is 5. The number of imide groups is 2. The predicted octanol–water partition coefficient (Wildman–Crippen LogP) is 7.33. The molecule has 0 aromatic heterocycles. The van der Waals surface area contributed by atoms with Crippen LogP contribution < -0.4 is 15.1 Å². The zero-order valence-corrected chi connectivity index (χ0v) is 30.8. The molecule has 3 fully saturated rings. The molecule has 12 heteroatoms. The molecule has 9 nitrogen and oxygen atoms in total. The van der Waals surface area contributed by atoms with Crippen LogP contribution in [0.3, 0.4) is 0 Å². The molecule has 4 aromatic rings. The molecule has 0 spiro atoms. The van der Waals surface area contributed by atoms with Crippen molar-refractivity contribution in [3.63, 3.8) is 0 Å². The number of amides is 4. The monoisotopic (exact) mass is 841 g/mol. The third-order valence-electron chi connectivity index (χ3n) is 11.5. The number of aromatic hydroxyl groups is 1. The van der Waals surface area contributed by atoms with Crippen LogP contribution in [0.1, 0.15) is 24.0 Å². The molecule has 0 unspecified atom stereocenters. The molecule has 53 heavy (non-hydrogen) atoms. The number of ether oxygens (including phenoxy) is 1. The number of benzene rings is 4. The highest BCUT2D eigenvalue weighted by Gasteiger charge is 2.70. The summed E-state index contributed by atoms with van der Waals surface area (Å²) in [5, 5.41) is 11.9. The van der Waals surface area contributed by atoms with Crippen LogP contribution in [-0.4, -0.2) is 33.7 Å². The Balaban J connectivity index is 1.23. The normalized spacial score (nSPS) is 27.3. The van der Waals surface area contributed by atoms with E-state index in [1.165, 1.54) is 35.2 Å². The fraction of sp³-hybridized carbons (Fsp3) is 0.220. The van der Waals surface area contributed by atoms with Gasteiger partial charge in [0, 0.05) is 26.5 Å². The Labute approximate surface area is 322 Å². The summed E-state index contributed by atoms with van der Waals surface area (Å²) in [5.74, 6) is -5.31. The van der Waals surface area contributed by atoms with Crippen molar-refractivity contribution in [3.8, 4) is 11.5 Å². The Kier molecular flexibility index (Phi) is 8.00. The number of hydrogen-bond acceptors (Lipinski definition) is 7. The number of halogens is 3. The van der Waals surface area contributed by atoms with E-state index in [0.29, 0.717) is 38.8 Å². The van der Waals surface area contributed by atoms with Gasteiger partial charge in [0.05, 0.1) is 40.8 Å². The number of nitrogens with zero attached hydrogens (tertiary/aromatic N) is 2. The van der Waals surface area contributed by atoms with E-state index < -0.39 is 52.6 Å². The third kappa shape index (κ3) is 5.14. The summed E-state index contributed by atoms with van der Waals surface area (Å²) in [6.45, 7) is 0. The molecule has 0 radical (unpaired) electrons. The number of anilines is 2. The molecule has 5 aliphatic rings. The molecule has 4 aromatic carbocycles. The van der Waals surface area contributed by atoms with E-state index in [-0.39, 0.29) is 36.8 Å². The van der Waals surface area contributed by atoms with Crippen molar-refractivity contribution in [2.24, 2.45) is 29.6 Å². The van der Waals surface area contributed by atoms with E-state index in [0.717, 1.165) is 14.2 Å². The van der Waals surface area contributed by atoms with Crippen molar-refractivity contribution in [2.75, 3.05) is 10.3 Å². The Morgan fingerprint density at radius 3 is 2.36 bits per heavy atom. The van der Waals surface area contributed by atoms with Gasteiger partial charge in [-0.25, -0.2) is 4.39 Å². The summed E-state index contributed by atoms with van der Waals surface area (Å²) in [6.07, 6.45) is 4.26. The van der Waals surface area contributed by atoms with Crippen LogP contribution in [0.25, 0.3) is 0 Å². The average Bonchev–Trinajstić information content (AvgIpc) is 3.53. The maximum Gasteiger partial charge on any atom is 0.260 e. The van der Waals surface area contributed by atoms with Crippen LogP contribution in [0, 0.1) is 39.0 Å². The van der Waals surface area contributed by atoms with Gasteiger partial charge in [0.2, 0.25) is 11.8 Å². The fourth-order valence-electron chi connectivity index (χ4n) is 9.32. The van der Waals surface area contributed by atoms with Gasteiger partial charge in [0.1, 0.15) is 17.3 Å². The van der Waals surface area contributed by atoms with E-state index in [4.69, 9.17) is 16.3 Å². The molecule has 1 saturated carbocycles. The van der Waals surface area contributed by atoms with Crippen molar-refractivity contribution in [1.29, 1.82) is 0 Å². The standard InChI is InChI=1S/C41H30ClFIN3O6/c42-24-3-1-23(2-4-24)41-33(38(50)47(40(41)52)45-27-9-5-25(43)6-10-27)19-32-30(36(41)22-17-21-18-29(48)13-16-34(21)53-20-22)14-15-31-35(32)39(51)46(37(31)49)28-11-7-26(44)8-12-28/h1-14,16,18,20,31-33,35-36,45,48H,15,17,19H2/t31-,32+,33-,35-,36-,41+/m0/s1. The highest BCUT2D eigenvalue weighted by atomic mass is 127. The van der Waals surface area contributed by atoms with Crippen molar-refractivity contribution in [1.82, 2.24) is 5.01 Å². The second-order valence-corrected chi connectivity index (χ2v) is 15.8. The second kappa shape index (κ2) is 12.6. The van der Waals surface area contributed by atoms with Gasteiger partial charge >= 0.3 is 0 Å². The third-order valence-corrected chi connectivity index (χ3v) is 12.5. The lowest BCUT2D eigenvalue weighted by Crippen LogP contribution is -2.55. The summed E-state index contributed by atoms with van der Waals surface area (Å²) >= 11 is 8.56. The van der Waals surface area contributed by atoms with E-state index in [1.54, 1.807) is 54.8 Å². The van der Waals surface area contributed by atoms with E-state index >= 15 is 4.79 Å². The van der Waals surface area contributed by atoms with Crippen molar-refractivity contribution >= 4 is 69.2 Å². The lowest BCUT2D eigenvalue weighted by Gasteiger charge is -2.51. The largest absolute Gasteiger partial charge is 0.508 e. The van der Waals surface area contributed by atoms with Gasteiger partial charge in [-0.15, -0.1) is 0 Å². The Hall–Kier alpha value is -5.01. The maximum atomic E-state index is 15.3. The van der Waals surface area contributed by atoms with Crippen LogP contribution in [0.4, 0.5) is 15.8 Å². The van der Waals surface area contributed by atoms with Crippen molar-refractivity contribution in [2.45, 2.75) is 24.7 Å². The minimum Gasteiger partial charge on any atom is -0.508 e. The first-order valence-electron chi connectivity index (χ1n) is 17.2. The zero-order valence-electron chi connectivity index (χ0n) is 27.8. The van der Waals surface area contributed by atoms with Gasteiger partial charge in [-0.1, -0.05) is 35.4 Å². The summed E-state index contributed by atoms with van der Waals surface area (Å²) in [5.41, 5.74) is 4.95. The predicted molar refractivity (Wildman–Crippen MR) is 202 cm³/mol. The minimum absolute atomic E-state index is 0.0488. The topological polar surface area (TPSA) is 116 Å². The molecular formula is C41H30ClFIN3O6. The quantitative estimate of drug-likeness (QED) is 0.123. The van der Waals surface area contributed by atoms with Gasteiger partial charge in [-0.2, -0.15) is 5.01 Å². The van der Waals surface area contributed by atoms with Crippen molar-refractivity contribution < 1.29 is 33.4 Å². The van der Waals surface area contributed by atoms with E-state index in [1.807, 2.05) is 18.2 Å². The maximum absolute atomic E-state index is 15.3. The lowest BCUT2D eigenvalue weighted by molar-refractivity contribution is -0.139. The lowest BCUT2D eigenvalue weighted by atomic mass is 9.48. The van der Waals surface area contributed by atoms with Gasteiger partial charge in [0.25, 0.3) is 11.8 Å². The first-order valence-corrected chi connectivity index (χ1v) is 18.7. The van der Waals surface area contributed by atoms with Crippen LogP contribution in [-0.2, 0) is 31.0 Å². The molecule has 3 heterocycles. The van der Waals surface area contributed by atoms with Crippen LogP contribution >= 0.6 is 34.2 Å². The molecule has 2 N–H and O–H groups in total. The molecule has 9 rings (SSSR count). The summed E-state index contributed by atoms with van der Waals surface area (Å²) in [7, 11) is 0. The smallest absolute Gasteiger partial charge is 0.260 e. The number of hydrazine groups is 1. The highest BCUT2D eigenvalue weighted by Crippen LogP contribution is 2.63. The molecule has 6 atom stereocenters. The summed E-state index contributed by atoms with van der Waals surface area (Å²) in [4.78, 5) is 60.0. The number of allylic oxidation sites excluding steroid dienone is 3. The SMILES string of the molecule is O=C1[C@@H]2C[C@@H]3C(=CC[C@@H]4C(=O)N(c5ccc(I)cc5)C(=O)[C@@H]43)[C@H](C3=COc4ccc(O)cc4C3)[C@]2(c2ccc(Cl)cc2)C(=O)N1Nc1ccc(F)cc1. The average molecular weight is 842 g/mol. The molecule has 2 aliphatic carbocycles. The number of phenolic OH excluding ortho intramolecular Hbond substituents is 1. The number of carbonyl (C=O) groups excluding carboxylic acids is 4. The van der Waals surface area contributed by atoms with Gasteiger partial charge < -0.3 is 9.84 Å². The Bertz CT molecular complexity index is 2300. The number of carbonyl (C=O) groups is 4. The molecule has 0 bridgehead atoms. The van der Waals surface area contributed by atoms with Gasteiger partial charge in [-0.3, -0.25) is 29.5 Å². The molecule has 4 amide bonds. The summed E-state index contributed by atoms with van der Waals surface area (Å²) in [6, 6.07) is 24.3. The van der Waals surface area contributed by atoms with Crippen LogP contribution in [0.5, 0.6) is 11.5 Å². The first-order chi connectivity index (χ1) is 25.6. The number of hydrogen-bond donors (Lipinski definition) is 2. The first kappa shape index (κ1) is 33.8. The second-order valence-electron chi connectivity index (χ2n) is 14.1. The van der Waals surface area contributed by atoms with Crippen molar-refractivity contribution in [3.05, 3.63) is 140 Å². The molecule has 2 saturated heterocycles. The van der Waals surface area contributed by atoms with E-state index in [9.17, 15) is 23.9 Å². The number of nitrogens with one attached hydrogen (secondary N) is 1. The van der Waals surface area contributed by atoms with Crippen LogP contribution in [0.2, 0.25) is 5.02 Å². The highest BCUT2D eigenvalue weighted by molar-refractivity contribution is 14.1. The van der Waals surface area contributed by atoms with Gasteiger partial charge in [-0.05, 0) is 131 Å². The van der Waals surface area contributed by atoms with E-state index in [2.05, 4.69) is 28.0 Å². The zero-order chi connectivity index (χ0) is 36.8. The summed E-state index contributed by atoms with van der Waals surface area (Å²) < 4.78 is 21.0.